The lowest BCUT2D eigenvalue weighted by Crippen LogP contribution is -1.97. The average Bonchev–Trinajstić information content (AvgIpc) is 2.50. The number of aryl methyl sites for hydroxylation is 2. The van der Waals surface area contributed by atoms with Crippen LogP contribution in [0, 0.1) is 13.8 Å². The average molecular weight is 188 g/mol. The summed E-state index contributed by atoms with van der Waals surface area (Å²) in [4.78, 5) is 4.29. The van der Waals surface area contributed by atoms with E-state index in [1.165, 1.54) is 0 Å². The first-order valence-corrected chi connectivity index (χ1v) is 4.41. The zero-order chi connectivity index (χ0) is 10.1. The Labute approximate surface area is 82.4 Å². The molecule has 0 atom stereocenters. The number of anilines is 1. The van der Waals surface area contributed by atoms with E-state index in [1.807, 2.05) is 26.0 Å². The molecule has 0 spiro atoms. The Hall–Kier alpha value is -1.84. The van der Waals surface area contributed by atoms with Gasteiger partial charge in [0.15, 0.2) is 0 Å². The standard InChI is InChI=1S/C10H12N4/c1-7-3-10(4-8(2)13-7)14-6-9(11)5-12-14/h3-6H,11H2,1-2H3. The van der Waals surface area contributed by atoms with Gasteiger partial charge in [0, 0.05) is 11.4 Å². The summed E-state index contributed by atoms with van der Waals surface area (Å²) in [7, 11) is 0. The predicted octanol–water partition coefficient (Wildman–Crippen LogP) is 1.47. The molecule has 0 unspecified atom stereocenters. The highest BCUT2D eigenvalue weighted by molar-refractivity contribution is 5.39. The summed E-state index contributed by atoms with van der Waals surface area (Å²) in [6.45, 7) is 3.92. The predicted molar refractivity (Wildman–Crippen MR) is 55.2 cm³/mol. The largest absolute Gasteiger partial charge is 0.396 e. The first-order chi connectivity index (χ1) is 6.65. The molecule has 4 nitrogen and oxygen atoms in total. The molecule has 72 valence electrons. The van der Waals surface area contributed by atoms with E-state index in [0.29, 0.717) is 5.69 Å². The first-order valence-electron chi connectivity index (χ1n) is 4.41. The molecule has 0 radical (unpaired) electrons. The minimum absolute atomic E-state index is 0.664. The van der Waals surface area contributed by atoms with Gasteiger partial charge in [0.1, 0.15) is 0 Å². The third-order valence-corrected chi connectivity index (χ3v) is 1.93. The second-order valence-electron chi connectivity index (χ2n) is 3.33. The van der Waals surface area contributed by atoms with E-state index in [1.54, 1.807) is 17.1 Å². The van der Waals surface area contributed by atoms with Gasteiger partial charge in [-0.1, -0.05) is 0 Å². The van der Waals surface area contributed by atoms with Crippen LogP contribution < -0.4 is 5.73 Å². The van der Waals surface area contributed by atoms with Gasteiger partial charge in [0.25, 0.3) is 0 Å². The number of hydrogen-bond donors (Lipinski definition) is 1. The number of rotatable bonds is 1. The molecule has 0 aromatic carbocycles. The molecule has 0 aliphatic heterocycles. The van der Waals surface area contributed by atoms with Crippen molar-refractivity contribution in [3.8, 4) is 5.69 Å². The molecule has 0 amide bonds. The fourth-order valence-electron chi connectivity index (χ4n) is 1.42. The van der Waals surface area contributed by atoms with Crippen LogP contribution in [-0.2, 0) is 0 Å². The lowest BCUT2D eigenvalue weighted by atomic mass is 10.3. The zero-order valence-electron chi connectivity index (χ0n) is 8.23. The molecule has 2 N–H and O–H groups in total. The van der Waals surface area contributed by atoms with Crippen molar-refractivity contribution < 1.29 is 0 Å². The molecule has 0 aliphatic carbocycles. The molecule has 4 heteroatoms. The molecular formula is C10H12N4. The quantitative estimate of drug-likeness (QED) is 0.737. The fourth-order valence-corrected chi connectivity index (χ4v) is 1.42. The van der Waals surface area contributed by atoms with Gasteiger partial charge in [-0.25, -0.2) is 4.68 Å². The van der Waals surface area contributed by atoms with Gasteiger partial charge in [0.2, 0.25) is 0 Å². The molecule has 0 aliphatic rings. The van der Waals surface area contributed by atoms with Crippen molar-refractivity contribution in [1.29, 1.82) is 0 Å². The second kappa shape index (κ2) is 3.14. The minimum atomic E-state index is 0.664. The van der Waals surface area contributed by atoms with Crippen molar-refractivity contribution in [3.63, 3.8) is 0 Å². The maximum absolute atomic E-state index is 5.59. The summed E-state index contributed by atoms with van der Waals surface area (Å²) < 4.78 is 1.75. The first kappa shape index (κ1) is 8.74. The Bertz CT molecular complexity index is 439. The van der Waals surface area contributed by atoms with Gasteiger partial charge in [-0.15, -0.1) is 0 Å². The third-order valence-electron chi connectivity index (χ3n) is 1.93. The number of nitrogens with zero attached hydrogens (tertiary/aromatic N) is 3. The van der Waals surface area contributed by atoms with E-state index in [2.05, 4.69) is 10.1 Å². The SMILES string of the molecule is Cc1cc(-n2cc(N)cn2)cc(C)n1. The molecule has 0 saturated carbocycles. The number of hydrogen-bond acceptors (Lipinski definition) is 3. The highest BCUT2D eigenvalue weighted by Crippen LogP contribution is 2.11. The van der Waals surface area contributed by atoms with Crippen LogP contribution in [0.25, 0.3) is 5.69 Å². The van der Waals surface area contributed by atoms with E-state index in [4.69, 9.17) is 5.73 Å². The molecule has 0 fully saturated rings. The highest BCUT2D eigenvalue weighted by Gasteiger charge is 2.00. The monoisotopic (exact) mass is 188 g/mol. The van der Waals surface area contributed by atoms with E-state index in [9.17, 15) is 0 Å². The lowest BCUT2D eigenvalue weighted by molar-refractivity contribution is 0.871. The molecule has 2 heterocycles. The van der Waals surface area contributed by atoms with Crippen molar-refractivity contribution in [2.24, 2.45) is 0 Å². The van der Waals surface area contributed by atoms with Crippen LogP contribution in [0.2, 0.25) is 0 Å². The molecule has 2 aromatic rings. The number of nitrogen functional groups attached to an aromatic ring is 1. The molecule has 0 saturated heterocycles. The van der Waals surface area contributed by atoms with Crippen LogP contribution in [0.4, 0.5) is 5.69 Å². The van der Waals surface area contributed by atoms with Crippen molar-refractivity contribution in [1.82, 2.24) is 14.8 Å². The molecule has 2 aromatic heterocycles. The van der Waals surface area contributed by atoms with Gasteiger partial charge < -0.3 is 5.73 Å². The Morgan fingerprint density at radius 3 is 2.36 bits per heavy atom. The van der Waals surface area contributed by atoms with Crippen LogP contribution in [0.1, 0.15) is 11.4 Å². The minimum Gasteiger partial charge on any atom is -0.396 e. The molecule has 0 bridgehead atoms. The summed E-state index contributed by atoms with van der Waals surface area (Å²) in [5.74, 6) is 0. The fraction of sp³-hybridized carbons (Fsp3) is 0.200. The van der Waals surface area contributed by atoms with Gasteiger partial charge in [-0.05, 0) is 26.0 Å². The zero-order valence-corrected chi connectivity index (χ0v) is 8.23. The lowest BCUT2D eigenvalue weighted by Gasteiger charge is -2.03. The van der Waals surface area contributed by atoms with Gasteiger partial charge in [0.05, 0.1) is 23.8 Å². The van der Waals surface area contributed by atoms with Gasteiger partial charge in [-0.3, -0.25) is 4.98 Å². The molecule has 14 heavy (non-hydrogen) atoms. The van der Waals surface area contributed by atoms with Crippen molar-refractivity contribution in [2.45, 2.75) is 13.8 Å². The normalized spacial score (nSPS) is 10.4. The topological polar surface area (TPSA) is 56.7 Å². The van der Waals surface area contributed by atoms with Crippen LogP contribution >= 0.6 is 0 Å². The number of aromatic nitrogens is 3. The molecular weight excluding hydrogens is 176 g/mol. The Morgan fingerprint density at radius 1 is 1.21 bits per heavy atom. The summed E-state index contributed by atoms with van der Waals surface area (Å²) >= 11 is 0. The number of pyridine rings is 1. The van der Waals surface area contributed by atoms with E-state index >= 15 is 0 Å². The van der Waals surface area contributed by atoms with E-state index in [-0.39, 0.29) is 0 Å². The maximum atomic E-state index is 5.59. The Morgan fingerprint density at radius 2 is 1.86 bits per heavy atom. The van der Waals surface area contributed by atoms with Crippen LogP contribution in [0.15, 0.2) is 24.5 Å². The maximum Gasteiger partial charge on any atom is 0.0724 e. The van der Waals surface area contributed by atoms with Crippen molar-refractivity contribution in [2.75, 3.05) is 5.73 Å². The van der Waals surface area contributed by atoms with Crippen LogP contribution in [-0.4, -0.2) is 14.8 Å². The summed E-state index contributed by atoms with van der Waals surface area (Å²) in [5, 5.41) is 4.13. The summed E-state index contributed by atoms with van der Waals surface area (Å²) in [6.07, 6.45) is 3.42. The Kier molecular flexibility index (Phi) is 1.96. The van der Waals surface area contributed by atoms with Gasteiger partial charge in [-0.2, -0.15) is 5.10 Å². The smallest absolute Gasteiger partial charge is 0.0724 e. The third kappa shape index (κ3) is 1.59. The Balaban J connectivity index is 2.51. The van der Waals surface area contributed by atoms with Crippen molar-refractivity contribution in [3.05, 3.63) is 35.9 Å². The van der Waals surface area contributed by atoms with E-state index in [0.717, 1.165) is 17.1 Å². The van der Waals surface area contributed by atoms with Crippen molar-refractivity contribution >= 4 is 5.69 Å². The van der Waals surface area contributed by atoms with Gasteiger partial charge >= 0.3 is 0 Å². The highest BCUT2D eigenvalue weighted by atomic mass is 15.3. The van der Waals surface area contributed by atoms with Crippen LogP contribution in [0.5, 0.6) is 0 Å². The molecule has 2 rings (SSSR count). The summed E-state index contributed by atoms with van der Waals surface area (Å²) in [6, 6.07) is 3.94. The van der Waals surface area contributed by atoms with E-state index < -0.39 is 0 Å². The van der Waals surface area contributed by atoms with Crippen LogP contribution in [0.3, 0.4) is 0 Å². The second-order valence-corrected chi connectivity index (χ2v) is 3.33. The number of nitrogens with two attached hydrogens (primary N) is 1. The summed E-state index contributed by atoms with van der Waals surface area (Å²) in [5.41, 5.74) is 9.21.